The number of hydrogen-bond donors (Lipinski definition) is 0. The summed E-state index contributed by atoms with van der Waals surface area (Å²) in [6.07, 6.45) is 2.38. The molecule has 0 heterocycles. The van der Waals surface area contributed by atoms with E-state index in [1.165, 1.54) is 24.0 Å². The van der Waals surface area contributed by atoms with Gasteiger partial charge in [0.1, 0.15) is 0 Å². The first-order chi connectivity index (χ1) is 5.22. The van der Waals surface area contributed by atoms with Gasteiger partial charge in [0.25, 0.3) is 0 Å². The van der Waals surface area contributed by atoms with Gasteiger partial charge in [0.2, 0.25) is 0 Å². The van der Waals surface area contributed by atoms with Crippen LogP contribution in [0.2, 0.25) is 0 Å². The Balaban J connectivity index is 2.89. The van der Waals surface area contributed by atoms with E-state index in [2.05, 4.69) is 39.0 Å². The molecule has 0 fully saturated rings. The first kappa shape index (κ1) is 8.32. The standard InChI is InChI=1S/C11H15/c1-4-5-11-7-9(2)6-10(3)8-11/h6-8H,2,4-5H2,1,3H3. The van der Waals surface area contributed by atoms with Crippen LogP contribution in [0.15, 0.2) is 18.2 Å². The largest absolute Gasteiger partial charge is 0.0651 e. The molecule has 0 amide bonds. The van der Waals surface area contributed by atoms with Crippen molar-refractivity contribution in [2.75, 3.05) is 0 Å². The quantitative estimate of drug-likeness (QED) is 0.603. The van der Waals surface area contributed by atoms with Crippen LogP contribution in [0.4, 0.5) is 0 Å². The van der Waals surface area contributed by atoms with E-state index in [9.17, 15) is 0 Å². The lowest BCUT2D eigenvalue weighted by atomic mass is 10.0. The Bertz CT molecular complexity index is 216. The van der Waals surface area contributed by atoms with Crippen molar-refractivity contribution in [3.63, 3.8) is 0 Å². The van der Waals surface area contributed by atoms with E-state index in [4.69, 9.17) is 0 Å². The molecular weight excluding hydrogens is 132 g/mol. The summed E-state index contributed by atoms with van der Waals surface area (Å²) in [6, 6.07) is 6.51. The van der Waals surface area contributed by atoms with Crippen molar-refractivity contribution in [3.8, 4) is 0 Å². The third-order valence-corrected chi connectivity index (χ3v) is 1.74. The highest BCUT2D eigenvalue weighted by atomic mass is 14.0. The Hall–Kier alpha value is -0.780. The van der Waals surface area contributed by atoms with Crippen LogP contribution >= 0.6 is 0 Å². The smallest absolute Gasteiger partial charge is 0.0238 e. The molecule has 0 unspecified atom stereocenters. The summed E-state index contributed by atoms with van der Waals surface area (Å²) in [7, 11) is 0. The van der Waals surface area contributed by atoms with Gasteiger partial charge in [-0.3, -0.25) is 0 Å². The second-order valence-electron chi connectivity index (χ2n) is 3.08. The first-order valence-electron chi connectivity index (χ1n) is 4.15. The average molecular weight is 147 g/mol. The number of benzene rings is 1. The molecule has 0 saturated heterocycles. The zero-order valence-electron chi connectivity index (χ0n) is 7.35. The molecule has 1 rings (SSSR count). The molecule has 0 saturated carbocycles. The molecule has 0 atom stereocenters. The predicted octanol–water partition coefficient (Wildman–Crippen LogP) is 3.13. The fraction of sp³-hybridized carbons (Fsp3) is 0.364. The fourth-order valence-corrected chi connectivity index (χ4v) is 1.38. The number of aryl methyl sites for hydroxylation is 2. The molecule has 0 aliphatic carbocycles. The summed E-state index contributed by atoms with van der Waals surface area (Å²) < 4.78 is 0. The zero-order valence-corrected chi connectivity index (χ0v) is 7.35. The van der Waals surface area contributed by atoms with Gasteiger partial charge in [-0.15, -0.1) is 0 Å². The topological polar surface area (TPSA) is 0 Å². The van der Waals surface area contributed by atoms with Crippen LogP contribution in [-0.2, 0) is 6.42 Å². The van der Waals surface area contributed by atoms with Crippen molar-refractivity contribution in [1.29, 1.82) is 0 Å². The number of rotatable bonds is 2. The minimum absolute atomic E-state index is 1.13. The van der Waals surface area contributed by atoms with Crippen molar-refractivity contribution in [3.05, 3.63) is 41.8 Å². The van der Waals surface area contributed by atoms with Crippen LogP contribution in [0.5, 0.6) is 0 Å². The van der Waals surface area contributed by atoms with Crippen LogP contribution in [-0.4, -0.2) is 0 Å². The minimum atomic E-state index is 1.13. The highest BCUT2D eigenvalue weighted by Gasteiger charge is 1.93. The third kappa shape index (κ3) is 2.38. The van der Waals surface area contributed by atoms with Gasteiger partial charge in [-0.25, -0.2) is 0 Å². The lowest BCUT2D eigenvalue weighted by Crippen LogP contribution is -1.86. The van der Waals surface area contributed by atoms with E-state index in [-0.39, 0.29) is 0 Å². The van der Waals surface area contributed by atoms with E-state index in [0.29, 0.717) is 0 Å². The maximum absolute atomic E-state index is 3.92. The second kappa shape index (κ2) is 3.56. The highest BCUT2D eigenvalue weighted by molar-refractivity contribution is 5.30. The summed E-state index contributed by atoms with van der Waals surface area (Å²) in [6.45, 7) is 8.24. The summed E-state index contributed by atoms with van der Waals surface area (Å²) in [5.74, 6) is 0. The van der Waals surface area contributed by atoms with E-state index in [1.54, 1.807) is 0 Å². The minimum Gasteiger partial charge on any atom is -0.0651 e. The Morgan fingerprint density at radius 2 is 2.00 bits per heavy atom. The Morgan fingerprint density at radius 1 is 1.27 bits per heavy atom. The van der Waals surface area contributed by atoms with E-state index in [0.717, 1.165) is 5.56 Å². The van der Waals surface area contributed by atoms with Gasteiger partial charge in [-0.1, -0.05) is 37.1 Å². The fourth-order valence-electron chi connectivity index (χ4n) is 1.38. The summed E-state index contributed by atoms with van der Waals surface area (Å²) in [4.78, 5) is 0. The van der Waals surface area contributed by atoms with Gasteiger partial charge < -0.3 is 0 Å². The average Bonchev–Trinajstić information content (AvgIpc) is 1.85. The lowest BCUT2D eigenvalue weighted by Gasteiger charge is -2.02. The first-order valence-corrected chi connectivity index (χ1v) is 4.15. The van der Waals surface area contributed by atoms with Crippen molar-refractivity contribution >= 4 is 0 Å². The van der Waals surface area contributed by atoms with E-state index >= 15 is 0 Å². The Labute approximate surface area is 69.3 Å². The summed E-state index contributed by atoms with van der Waals surface area (Å²) in [5.41, 5.74) is 3.87. The van der Waals surface area contributed by atoms with Crippen LogP contribution in [0.25, 0.3) is 0 Å². The highest BCUT2D eigenvalue weighted by Crippen LogP contribution is 2.10. The zero-order chi connectivity index (χ0) is 8.27. The van der Waals surface area contributed by atoms with Crippen molar-refractivity contribution < 1.29 is 0 Å². The second-order valence-corrected chi connectivity index (χ2v) is 3.08. The van der Waals surface area contributed by atoms with Crippen LogP contribution in [0, 0.1) is 13.8 Å². The van der Waals surface area contributed by atoms with E-state index in [1.807, 2.05) is 0 Å². The lowest BCUT2D eigenvalue weighted by molar-refractivity contribution is 0.919. The van der Waals surface area contributed by atoms with Crippen molar-refractivity contribution in [2.45, 2.75) is 26.7 Å². The van der Waals surface area contributed by atoms with Crippen LogP contribution in [0.1, 0.15) is 30.0 Å². The molecule has 1 aromatic carbocycles. The molecular formula is C11H15. The number of hydrogen-bond acceptors (Lipinski definition) is 0. The summed E-state index contributed by atoms with van der Waals surface area (Å²) in [5, 5.41) is 0. The molecule has 0 bridgehead atoms. The van der Waals surface area contributed by atoms with Gasteiger partial charge in [0, 0.05) is 0 Å². The molecule has 1 aromatic rings. The normalized spacial score (nSPS) is 10.1. The molecule has 59 valence electrons. The molecule has 0 nitrogen and oxygen atoms in total. The summed E-state index contributed by atoms with van der Waals surface area (Å²) >= 11 is 0. The maximum Gasteiger partial charge on any atom is -0.0238 e. The van der Waals surface area contributed by atoms with Gasteiger partial charge in [-0.2, -0.15) is 0 Å². The van der Waals surface area contributed by atoms with Crippen molar-refractivity contribution in [2.24, 2.45) is 0 Å². The van der Waals surface area contributed by atoms with Gasteiger partial charge >= 0.3 is 0 Å². The monoisotopic (exact) mass is 147 g/mol. The maximum atomic E-state index is 3.92. The van der Waals surface area contributed by atoms with E-state index < -0.39 is 0 Å². The van der Waals surface area contributed by atoms with Gasteiger partial charge in [0.15, 0.2) is 0 Å². The third-order valence-electron chi connectivity index (χ3n) is 1.74. The SMILES string of the molecule is [CH2]c1cc(C)cc(CCC)c1. The molecule has 0 aromatic heterocycles. The van der Waals surface area contributed by atoms with Crippen LogP contribution < -0.4 is 0 Å². The predicted molar refractivity (Wildman–Crippen MR) is 49.6 cm³/mol. The van der Waals surface area contributed by atoms with Crippen LogP contribution in [0.3, 0.4) is 0 Å². The molecule has 11 heavy (non-hydrogen) atoms. The van der Waals surface area contributed by atoms with Gasteiger partial charge in [0.05, 0.1) is 0 Å². The Kier molecular flexibility index (Phi) is 2.70. The molecule has 0 aliphatic rings. The molecule has 0 heteroatoms. The van der Waals surface area contributed by atoms with Gasteiger partial charge in [-0.05, 0) is 31.4 Å². The molecule has 0 aliphatic heterocycles. The Morgan fingerprint density at radius 3 is 2.55 bits per heavy atom. The molecule has 1 radical (unpaired) electrons. The van der Waals surface area contributed by atoms with Crippen molar-refractivity contribution in [1.82, 2.24) is 0 Å². The molecule has 0 spiro atoms. The molecule has 0 N–H and O–H groups in total.